The molecule has 3 atom stereocenters. The van der Waals surface area contributed by atoms with Crippen LogP contribution >= 0.6 is 0 Å². The average Bonchev–Trinajstić information content (AvgIpc) is 2.68. The Hall–Kier alpha value is -2.04. The fourth-order valence-electron chi connectivity index (χ4n) is 2.61. The lowest BCUT2D eigenvalue weighted by atomic mass is 9.99. The van der Waals surface area contributed by atoms with E-state index in [9.17, 15) is 0 Å². The maximum absolute atomic E-state index is 9.01. The van der Waals surface area contributed by atoms with E-state index in [0.717, 1.165) is 18.6 Å². The highest BCUT2D eigenvalue weighted by molar-refractivity contribution is 5.29. The molecule has 0 aliphatic rings. The minimum Gasteiger partial charge on any atom is -0.508 e. The molecule has 0 saturated heterocycles. The first kappa shape index (κ1) is 26.0. The first-order chi connectivity index (χ1) is 12.9. The first-order valence-electron chi connectivity index (χ1n) is 10.1. The molecular formula is C24H40O4+2. The van der Waals surface area contributed by atoms with Crippen LogP contribution in [0.15, 0.2) is 48.5 Å². The second-order valence-electron chi connectivity index (χ2n) is 6.92. The van der Waals surface area contributed by atoms with Gasteiger partial charge in [0.05, 0.1) is 0 Å². The summed E-state index contributed by atoms with van der Waals surface area (Å²) in [6.07, 6.45) is 2.12. The molecule has 4 heteroatoms. The van der Waals surface area contributed by atoms with E-state index in [-0.39, 0.29) is 14.6 Å². The van der Waals surface area contributed by atoms with E-state index < -0.39 is 0 Å². The van der Waals surface area contributed by atoms with Crippen LogP contribution in [-0.2, 0) is 4.74 Å². The van der Waals surface area contributed by atoms with Crippen molar-refractivity contribution in [2.45, 2.75) is 72.5 Å². The zero-order chi connectivity index (χ0) is 20.2. The molecule has 0 aliphatic carbocycles. The SMILES string of the molecule is CCC(C)c1ccc(O)cc1.CCOC(C)Oc1ccc(C(C)CC)cc1.O.[H+].[H+]. The monoisotopic (exact) mass is 392 g/mol. The molecule has 0 radical (unpaired) electrons. The number of phenolic OH excluding ortho intramolecular Hbond substituents is 1. The number of phenols is 1. The summed E-state index contributed by atoms with van der Waals surface area (Å²) in [7, 11) is 0. The Morgan fingerprint density at radius 1 is 0.786 bits per heavy atom. The molecule has 158 valence electrons. The van der Waals surface area contributed by atoms with Gasteiger partial charge >= 0.3 is 2.85 Å². The van der Waals surface area contributed by atoms with Gasteiger partial charge in [-0.15, -0.1) is 0 Å². The highest BCUT2D eigenvalue weighted by Gasteiger charge is 2.05. The Labute approximate surface area is 173 Å². The lowest BCUT2D eigenvalue weighted by Crippen LogP contribution is -2.15. The van der Waals surface area contributed by atoms with Crippen LogP contribution in [-0.4, -0.2) is 23.5 Å². The summed E-state index contributed by atoms with van der Waals surface area (Å²) >= 11 is 0. The van der Waals surface area contributed by atoms with Crippen molar-refractivity contribution in [3.05, 3.63) is 59.7 Å². The molecule has 3 unspecified atom stereocenters. The largest absolute Gasteiger partial charge is 1.00 e. The van der Waals surface area contributed by atoms with Gasteiger partial charge in [0, 0.05) is 6.61 Å². The Balaban J connectivity index is -0.000000465. The maximum atomic E-state index is 9.01. The van der Waals surface area contributed by atoms with E-state index in [4.69, 9.17) is 14.6 Å². The molecule has 0 heterocycles. The lowest BCUT2D eigenvalue weighted by molar-refractivity contribution is -0.0613. The van der Waals surface area contributed by atoms with Crippen LogP contribution in [0.4, 0.5) is 0 Å². The van der Waals surface area contributed by atoms with Crippen molar-refractivity contribution in [1.29, 1.82) is 0 Å². The van der Waals surface area contributed by atoms with Gasteiger partial charge in [-0.2, -0.15) is 0 Å². The number of hydrogen-bond acceptors (Lipinski definition) is 3. The van der Waals surface area contributed by atoms with Crippen LogP contribution in [0.1, 0.15) is 80.2 Å². The number of benzene rings is 2. The molecule has 4 nitrogen and oxygen atoms in total. The Bertz CT molecular complexity index is 633. The van der Waals surface area contributed by atoms with E-state index >= 15 is 0 Å². The molecular weight excluding hydrogens is 352 g/mol. The van der Waals surface area contributed by atoms with E-state index in [1.165, 1.54) is 11.1 Å². The molecule has 2 rings (SSSR count). The van der Waals surface area contributed by atoms with Crippen LogP contribution in [0.5, 0.6) is 11.5 Å². The van der Waals surface area contributed by atoms with Crippen LogP contribution < -0.4 is 4.74 Å². The quantitative estimate of drug-likeness (QED) is 0.538. The summed E-state index contributed by atoms with van der Waals surface area (Å²) < 4.78 is 10.9. The fraction of sp³-hybridized carbons (Fsp3) is 0.500. The van der Waals surface area contributed by atoms with Gasteiger partial charge in [0.2, 0.25) is 0 Å². The molecule has 2 aromatic rings. The van der Waals surface area contributed by atoms with Gasteiger partial charge in [-0.1, -0.05) is 52.0 Å². The summed E-state index contributed by atoms with van der Waals surface area (Å²) in [6.45, 7) is 13.3. The normalized spacial score (nSPS) is 13.4. The molecule has 0 spiro atoms. The van der Waals surface area contributed by atoms with Gasteiger partial charge in [0.25, 0.3) is 0 Å². The summed E-state index contributed by atoms with van der Waals surface area (Å²) in [5.74, 6) is 2.42. The Morgan fingerprint density at radius 3 is 1.61 bits per heavy atom. The lowest BCUT2D eigenvalue weighted by Gasteiger charge is -2.15. The maximum Gasteiger partial charge on any atom is 1.00 e. The summed E-state index contributed by atoms with van der Waals surface area (Å²) in [5.41, 5.74) is 2.66. The molecule has 0 fully saturated rings. The number of rotatable bonds is 8. The Kier molecular flexibility index (Phi) is 13.0. The smallest absolute Gasteiger partial charge is 0.508 e. The van der Waals surface area contributed by atoms with Crippen molar-refractivity contribution in [3.63, 3.8) is 0 Å². The highest BCUT2D eigenvalue weighted by atomic mass is 16.7. The predicted molar refractivity (Wildman–Crippen MR) is 120 cm³/mol. The summed E-state index contributed by atoms with van der Waals surface area (Å²) in [6, 6.07) is 15.7. The molecule has 0 amide bonds. The second kappa shape index (κ2) is 14.0. The third kappa shape index (κ3) is 9.25. The van der Waals surface area contributed by atoms with E-state index in [1.54, 1.807) is 12.1 Å². The Morgan fingerprint density at radius 2 is 1.21 bits per heavy atom. The zero-order valence-electron chi connectivity index (χ0n) is 20.2. The topological polar surface area (TPSA) is 70.2 Å². The average molecular weight is 393 g/mol. The standard InChI is InChI=1S/C14H22O2.C10H14O.H2O/c1-5-11(3)13-7-9-14(10-8-13)16-12(4)15-6-2;1-3-8(2)9-4-6-10(11)7-5-9;/h7-12H,5-6H2,1-4H3;4-8,11H,3H2,1-2H3;1H2/p+2. The van der Waals surface area contributed by atoms with Gasteiger partial charge in [-0.05, 0) is 73.9 Å². The third-order valence-corrected chi connectivity index (χ3v) is 4.84. The third-order valence-electron chi connectivity index (χ3n) is 4.84. The molecule has 0 aromatic heterocycles. The fourth-order valence-corrected chi connectivity index (χ4v) is 2.61. The van der Waals surface area contributed by atoms with Crippen LogP contribution in [0.2, 0.25) is 0 Å². The van der Waals surface area contributed by atoms with E-state index in [2.05, 4.69) is 39.8 Å². The second-order valence-corrected chi connectivity index (χ2v) is 6.92. The molecule has 0 saturated carbocycles. The van der Waals surface area contributed by atoms with Gasteiger partial charge in [0.1, 0.15) is 11.5 Å². The van der Waals surface area contributed by atoms with Crippen LogP contribution in [0.25, 0.3) is 0 Å². The van der Waals surface area contributed by atoms with Gasteiger partial charge in [-0.25, -0.2) is 0 Å². The first-order valence-corrected chi connectivity index (χ1v) is 10.1. The number of aromatic hydroxyl groups is 1. The minimum absolute atomic E-state index is 0. The van der Waals surface area contributed by atoms with E-state index in [0.29, 0.717) is 24.2 Å². The molecule has 3 N–H and O–H groups in total. The van der Waals surface area contributed by atoms with Crippen LogP contribution in [0, 0.1) is 0 Å². The van der Waals surface area contributed by atoms with Gasteiger partial charge in [-0.3, -0.25) is 0 Å². The zero-order valence-corrected chi connectivity index (χ0v) is 18.2. The summed E-state index contributed by atoms with van der Waals surface area (Å²) in [4.78, 5) is 0. The van der Waals surface area contributed by atoms with Crippen molar-refractivity contribution < 1.29 is 22.9 Å². The van der Waals surface area contributed by atoms with Crippen molar-refractivity contribution in [1.82, 2.24) is 0 Å². The summed E-state index contributed by atoms with van der Waals surface area (Å²) in [5, 5.41) is 9.01. The van der Waals surface area contributed by atoms with Crippen molar-refractivity contribution in [2.75, 3.05) is 6.61 Å². The molecule has 0 aliphatic heterocycles. The highest BCUT2D eigenvalue weighted by Crippen LogP contribution is 2.22. The predicted octanol–water partition coefficient (Wildman–Crippen LogP) is 6.27. The van der Waals surface area contributed by atoms with Crippen molar-refractivity contribution >= 4 is 0 Å². The molecule has 0 bridgehead atoms. The number of ether oxygens (including phenoxy) is 2. The van der Waals surface area contributed by atoms with Crippen LogP contribution in [0.3, 0.4) is 0 Å². The number of hydrogen-bond donors (Lipinski definition) is 1. The molecule has 2 aromatic carbocycles. The van der Waals surface area contributed by atoms with Gasteiger partial charge in [0.15, 0.2) is 6.29 Å². The minimum atomic E-state index is -0.181. The van der Waals surface area contributed by atoms with Crippen molar-refractivity contribution in [2.24, 2.45) is 0 Å². The molecule has 28 heavy (non-hydrogen) atoms. The van der Waals surface area contributed by atoms with Crippen molar-refractivity contribution in [3.8, 4) is 11.5 Å². The van der Waals surface area contributed by atoms with Gasteiger partial charge < -0.3 is 20.1 Å². The van der Waals surface area contributed by atoms with E-state index in [1.807, 2.05) is 38.1 Å².